The van der Waals surface area contributed by atoms with E-state index in [0.717, 1.165) is 31.1 Å². The van der Waals surface area contributed by atoms with Gasteiger partial charge in [-0.3, -0.25) is 14.7 Å². The van der Waals surface area contributed by atoms with E-state index < -0.39 is 11.6 Å². The Morgan fingerprint density at radius 1 is 1.14 bits per heavy atom. The van der Waals surface area contributed by atoms with E-state index in [1.54, 1.807) is 18.3 Å². The first-order valence-electron chi connectivity index (χ1n) is 9.27. The van der Waals surface area contributed by atoms with E-state index in [0.29, 0.717) is 30.2 Å². The van der Waals surface area contributed by atoms with Gasteiger partial charge in [-0.1, -0.05) is 6.07 Å². The third-order valence-electron chi connectivity index (χ3n) is 4.92. The van der Waals surface area contributed by atoms with Gasteiger partial charge in [0.1, 0.15) is 17.3 Å². The maximum Gasteiger partial charge on any atom is 0.251 e. The van der Waals surface area contributed by atoms with Gasteiger partial charge in [0.25, 0.3) is 5.56 Å². The topological polar surface area (TPSA) is 61.9 Å². The van der Waals surface area contributed by atoms with E-state index in [4.69, 9.17) is 0 Å². The lowest BCUT2D eigenvalue weighted by Crippen LogP contribution is -2.34. The van der Waals surface area contributed by atoms with Crippen molar-refractivity contribution in [3.63, 3.8) is 0 Å². The van der Waals surface area contributed by atoms with Crippen molar-refractivity contribution in [3.8, 4) is 11.5 Å². The third-order valence-corrected chi connectivity index (χ3v) is 4.92. The molecule has 1 atom stereocenters. The highest BCUT2D eigenvalue weighted by Gasteiger charge is 2.24. The van der Waals surface area contributed by atoms with E-state index >= 15 is 0 Å². The molecule has 4 rings (SSSR count). The Bertz CT molecular complexity index is 1000. The molecule has 0 unspecified atom stereocenters. The first-order valence-corrected chi connectivity index (χ1v) is 9.27. The van der Waals surface area contributed by atoms with Gasteiger partial charge in [-0.2, -0.15) is 0 Å². The van der Waals surface area contributed by atoms with Crippen LogP contribution in [0, 0.1) is 11.6 Å². The zero-order chi connectivity index (χ0) is 19.5. The molecule has 144 valence electrons. The van der Waals surface area contributed by atoms with E-state index in [1.807, 2.05) is 6.07 Å². The molecular weight excluding hydrogens is 362 g/mol. The van der Waals surface area contributed by atoms with Gasteiger partial charge in [0, 0.05) is 37.3 Å². The number of H-pyrrole nitrogens is 1. The molecule has 7 heteroatoms. The molecule has 1 fully saturated rings. The summed E-state index contributed by atoms with van der Waals surface area (Å²) in [5.41, 5.74) is 1.73. The zero-order valence-electron chi connectivity index (χ0n) is 15.2. The minimum absolute atomic E-state index is 0.0805. The molecular formula is C21H20F2N4O. The summed E-state index contributed by atoms with van der Waals surface area (Å²) in [5, 5.41) is 0. The van der Waals surface area contributed by atoms with Crippen molar-refractivity contribution in [1.82, 2.24) is 19.9 Å². The normalized spacial score (nSPS) is 17.6. The number of likely N-dealkylation sites (tertiary alicyclic amines) is 1. The third kappa shape index (κ3) is 4.31. The Morgan fingerprint density at radius 3 is 2.71 bits per heavy atom. The number of nitrogens with one attached hydrogen (secondary N) is 1. The van der Waals surface area contributed by atoms with Gasteiger partial charge in [-0.15, -0.1) is 0 Å². The monoisotopic (exact) mass is 382 g/mol. The molecule has 3 heterocycles. The van der Waals surface area contributed by atoms with E-state index in [-0.39, 0.29) is 11.5 Å². The molecule has 0 radical (unpaired) electrons. The van der Waals surface area contributed by atoms with Gasteiger partial charge < -0.3 is 4.98 Å². The fourth-order valence-electron chi connectivity index (χ4n) is 3.71. The van der Waals surface area contributed by atoms with Gasteiger partial charge in [0.05, 0.1) is 5.69 Å². The van der Waals surface area contributed by atoms with Crippen molar-refractivity contribution in [2.24, 2.45) is 0 Å². The number of halogens is 2. The lowest BCUT2D eigenvalue weighted by atomic mass is 9.94. The van der Waals surface area contributed by atoms with Crippen LogP contribution in [-0.2, 0) is 6.54 Å². The summed E-state index contributed by atoms with van der Waals surface area (Å²) >= 11 is 0. The van der Waals surface area contributed by atoms with Crippen LogP contribution in [0.5, 0.6) is 0 Å². The minimum atomic E-state index is -0.570. The number of nitrogens with zero attached hydrogens (tertiary/aromatic N) is 3. The van der Waals surface area contributed by atoms with Crippen LogP contribution in [0.25, 0.3) is 11.5 Å². The lowest BCUT2D eigenvalue weighted by molar-refractivity contribution is 0.198. The van der Waals surface area contributed by atoms with Crippen molar-refractivity contribution in [2.75, 3.05) is 13.1 Å². The van der Waals surface area contributed by atoms with Gasteiger partial charge >= 0.3 is 0 Å². The SMILES string of the molecule is O=c1cc([C@H]2CCCN(Cc3cc(F)cc(F)c3)C2)nc(-c2ccccn2)[nH]1. The maximum absolute atomic E-state index is 13.5. The van der Waals surface area contributed by atoms with Crippen LogP contribution in [0.2, 0.25) is 0 Å². The summed E-state index contributed by atoms with van der Waals surface area (Å²) in [6, 6.07) is 10.6. The van der Waals surface area contributed by atoms with Crippen LogP contribution in [-0.4, -0.2) is 32.9 Å². The Labute approximate surface area is 161 Å². The number of pyridine rings is 1. The van der Waals surface area contributed by atoms with E-state index in [9.17, 15) is 13.6 Å². The van der Waals surface area contributed by atoms with Crippen LogP contribution < -0.4 is 5.56 Å². The van der Waals surface area contributed by atoms with Crippen LogP contribution in [0.3, 0.4) is 0 Å². The van der Waals surface area contributed by atoms with Crippen molar-refractivity contribution in [3.05, 3.63) is 81.9 Å². The molecule has 1 saturated heterocycles. The average molecular weight is 382 g/mol. The molecule has 2 aromatic heterocycles. The molecule has 0 aliphatic carbocycles. The predicted molar refractivity (Wildman–Crippen MR) is 102 cm³/mol. The highest BCUT2D eigenvalue weighted by molar-refractivity contribution is 5.48. The summed E-state index contributed by atoms with van der Waals surface area (Å²) in [4.78, 5) is 25.9. The highest BCUT2D eigenvalue weighted by atomic mass is 19.1. The second-order valence-electron chi connectivity index (χ2n) is 7.09. The Balaban J connectivity index is 1.54. The van der Waals surface area contributed by atoms with E-state index in [1.165, 1.54) is 18.2 Å². The molecule has 3 aromatic rings. The number of rotatable bonds is 4. The number of aromatic nitrogens is 3. The van der Waals surface area contributed by atoms with Crippen LogP contribution in [0.15, 0.2) is 53.5 Å². The summed E-state index contributed by atoms with van der Waals surface area (Å²) in [7, 11) is 0. The zero-order valence-corrected chi connectivity index (χ0v) is 15.2. The van der Waals surface area contributed by atoms with Crippen molar-refractivity contribution in [1.29, 1.82) is 0 Å². The number of benzene rings is 1. The molecule has 1 aliphatic heterocycles. The van der Waals surface area contributed by atoms with Gasteiger partial charge in [0.2, 0.25) is 0 Å². The van der Waals surface area contributed by atoms with Gasteiger partial charge in [0.15, 0.2) is 5.82 Å². The lowest BCUT2D eigenvalue weighted by Gasteiger charge is -2.32. The second-order valence-corrected chi connectivity index (χ2v) is 7.09. The van der Waals surface area contributed by atoms with Gasteiger partial charge in [-0.25, -0.2) is 13.8 Å². The molecule has 1 aliphatic rings. The van der Waals surface area contributed by atoms with Crippen LogP contribution in [0.4, 0.5) is 8.78 Å². The minimum Gasteiger partial charge on any atom is -0.305 e. The van der Waals surface area contributed by atoms with Crippen molar-refractivity contribution < 1.29 is 8.78 Å². The van der Waals surface area contributed by atoms with E-state index in [2.05, 4.69) is 19.9 Å². The Kier molecular flexibility index (Phi) is 5.25. The van der Waals surface area contributed by atoms with Crippen LogP contribution in [0.1, 0.15) is 30.0 Å². The number of hydrogen-bond donors (Lipinski definition) is 1. The van der Waals surface area contributed by atoms with Crippen molar-refractivity contribution >= 4 is 0 Å². The summed E-state index contributed by atoms with van der Waals surface area (Å²) in [5.74, 6) is -0.607. The molecule has 1 aromatic carbocycles. The van der Waals surface area contributed by atoms with Crippen LogP contribution >= 0.6 is 0 Å². The molecule has 0 bridgehead atoms. The molecule has 0 spiro atoms. The predicted octanol–water partition coefficient (Wildman–Crippen LogP) is 3.49. The number of aromatic amines is 1. The van der Waals surface area contributed by atoms with Crippen molar-refractivity contribution in [2.45, 2.75) is 25.3 Å². The Morgan fingerprint density at radius 2 is 1.96 bits per heavy atom. The maximum atomic E-state index is 13.5. The fraction of sp³-hybridized carbons (Fsp3) is 0.286. The smallest absolute Gasteiger partial charge is 0.251 e. The molecule has 28 heavy (non-hydrogen) atoms. The summed E-state index contributed by atoms with van der Waals surface area (Å²) < 4.78 is 26.9. The molecule has 0 amide bonds. The largest absolute Gasteiger partial charge is 0.305 e. The average Bonchev–Trinajstić information content (AvgIpc) is 2.68. The summed E-state index contributed by atoms with van der Waals surface area (Å²) in [6.07, 6.45) is 3.49. The molecule has 5 nitrogen and oxygen atoms in total. The fourth-order valence-corrected chi connectivity index (χ4v) is 3.71. The highest BCUT2D eigenvalue weighted by Crippen LogP contribution is 2.27. The second kappa shape index (κ2) is 7.98. The summed E-state index contributed by atoms with van der Waals surface area (Å²) in [6.45, 7) is 1.97. The number of piperidine rings is 1. The van der Waals surface area contributed by atoms with Gasteiger partial charge in [-0.05, 0) is 49.2 Å². The molecule has 1 N–H and O–H groups in total. The number of hydrogen-bond acceptors (Lipinski definition) is 4. The quantitative estimate of drug-likeness (QED) is 0.750. The first-order chi connectivity index (χ1) is 13.6. The first kappa shape index (κ1) is 18.4. The Hall–Kier alpha value is -2.93. The standard InChI is InChI=1S/C21H20F2N4O/c22-16-8-14(9-17(23)10-16)12-27-7-3-4-15(13-27)19-11-20(28)26-21(25-19)18-5-1-2-6-24-18/h1-2,5-6,8-11,15H,3-4,7,12-13H2,(H,25,26,28)/t15-/m0/s1. The molecule has 0 saturated carbocycles.